The van der Waals surface area contributed by atoms with E-state index in [2.05, 4.69) is 21.9 Å². The zero-order chi connectivity index (χ0) is 21.7. The largest absolute Gasteiger partial charge is 0.495 e. The number of amides is 1. The Morgan fingerprint density at radius 1 is 1.24 bits per heavy atom. The maximum absolute atomic E-state index is 12.8. The predicted molar refractivity (Wildman–Crippen MR) is 115 cm³/mol. The van der Waals surface area contributed by atoms with Crippen molar-refractivity contribution in [2.45, 2.75) is 69.9 Å². The van der Waals surface area contributed by atoms with Crippen LogP contribution in [0, 0.1) is 0 Å². The summed E-state index contributed by atoms with van der Waals surface area (Å²) in [5.74, 6) is -0.0468. The van der Waals surface area contributed by atoms with Crippen LogP contribution in [0.3, 0.4) is 0 Å². The SMILES string of the molecule is CCCCN1CCC(NC(=O)c2ccc(OC)c(S(=O)(=O)NC(C)(C)C)c2)CC1. The summed E-state index contributed by atoms with van der Waals surface area (Å²) in [6, 6.07) is 4.62. The number of methoxy groups -OCH3 is 1. The van der Waals surface area contributed by atoms with E-state index >= 15 is 0 Å². The molecule has 164 valence electrons. The third kappa shape index (κ3) is 6.97. The number of rotatable bonds is 8. The second-order valence-corrected chi connectivity index (χ2v) is 10.3. The van der Waals surface area contributed by atoms with Crippen molar-refractivity contribution in [2.75, 3.05) is 26.7 Å². The first-order chi connectivity index (χ1) is 13.6. The molecule has 0 saturated carbocycles. The van der Waals surface area contributed by atoms with Crippen molar-refractivity contribution in [3.05, 3.63) is 23.8 Å². The topological polar surface area (TPSA) is 87.7 Å². The molecule has 1 fully saturated rings. The molecule has 2 N–H and O–H groups in total. The summed E-state index contributed by atoms with van der Waals surface area (Å²) >= 11 is 0. The average molecular weight is 426 g/mol. The molecule has 1 aromatic carbocycles. The highest BCUT2D eigenvalue weighted by molar-refractivity contribution is 7.89. The summed E-state index contributed by atoms with van der Waals surface area (Å²) < 4.78 is 33.4. The molecule has 29 heavy (non-hydrogen) atoms. The minimum absolute atomic E-state index is 0.0306. The van der Waals surface area contributed by atoms with Crippen molar-refractivity contribution >= 4 is 15.9 Å². The van der Waals surface area contributed by atoms with Crippen LogP contribution in [0.2, 0.25) is 0 Å². The van der Waals surface area contributed by atoms with E-state index in [4.69, 9.17) is 4.74 Å². The van der Waals surface area contributed by atoms with E-state index < -0.39 is 15.6 Å². The Morgan fingerprint density at radius 2 is 1.90 bits per heavy atom. The molecule has 0 spiro atoms. The number of unbranched alkanes of at least 4 members (excludes halogenated alkanes) is 1. The molecule has 1 aromatic rings. The molecule has 2 rings (SSSR count). The van der Waals surface area contributed by atoms with Crippen LogP contribution in [-0.4, -0.2) is 57.5 Å². The molecule has 1 saturated heterocycles. The van der Waals surface area contributed by atoms with E-state index in [1.54, 1.807) is 26.8 Å². The van der Waals surface area contributed by atoms with Crippen LogP contribution in [0.1, 0.15) is 63.7 Å². The fourth-order valence-electron chi connectivity index (χ4n) is 3.44. The first-order valence-corrected chi connectivity index (χ1v) is 11.8. The quantitative estimate of drug-likeness (QED) is 0.669. The molecule has 1 heterocycles. The highest BCUT2D eigenvalue weighted by Crippen LogP contribution is 2.26. The van der Waals surface area contributed by atoms with Crippen LogP contribution in [0.15, 0.2) is 23.1 Å². The third-order valence-corrected chi connectivity index (χ3v) is 6.69. The fourth-order valence-corrected chi connectivity index (χ4v) is 5.05. The van der Waals surface area contributed by atoms with Gasteiger partial charge in [0.1, 0.15) is 10.6 Å². The van der Waals surface area contributed by atoms with Crippen molar-refractivity contribution in [2.24, 2.45) is 0 Å². The second kappa shape index (κ2) is 9.91. The summed E-state index contributed by atoms with van der Waals surface area (Å²) in [5, 5.41) is 3.05. The van der Waals surface area contributed by atoms with Crippen molar-refractivity contribution in [1.82, 2.24) is 14.9 Å². The number of nitrogens with zero attached hydrogens (tertiary/aromatic N) is 1. The minimum Gasteiger partial charge on any atom is -0.495 e. The van der Waals surface area contributed by atoms with Gasteiger partial charge in [0.15, 0.2) is 0 Å². The number of hydrogen-bond donors (Lipinski definition) is 2. The summed E-state index contributed by atoms with van der Waals surface area (Å²) in [6.45, 7) is 10.5. The minimum atomic E-state index is -3.83. The summed E-state index contributed by atoms with van der Waals surface area (Å²) in [6.07, 6.45) is 4.19. The Kier molecular flexibility index (Phi) is 8.08. The van der Waals surface area contributed by atoms with E-state index in [1.807, 2.05) is 0 Å². The molecule has 0 radical (unpaired) electrons. The number of piperidine rings is 1. The van der Waals surface area contributed by atoms with Gasteiger partial charge in [-0.2, -0.15) is 0 Å². The smallest absolute Gasteiger partial charge is 0.251 e. The van der Waals surface area contributed by atoms with Crippen molar-refractivity contribution < 1.29 is 17.9 Å². The summed E-state index contributed by atoms with van der Waals surface area (Å²) in [7, 11) is -2.41. The Labute approximate surface area is 175 Å². The van der Waals surface area contributed by atoms with Crippen molar-refractivity contribution in [1.29, 1.82) is 0 Å². The van der Waals surface area contributed by atoms with Gasteiger partial charge in [-0.25, -0.2) is 13.1 Å². The molecule has 7 nitrogen and oxygen atoms in total. The molecule has 1 amide bonds. The molecular weight excluding hydrogens is 390 g/mol. The number of carbonyl (C=O) groups is 1. The molecular formula is C21H35N3O4S. The maximum Gasteiger partial charge on any atom is 0.251 e. The molecule has 0 unspecified atom stereocenters. The number of nitrogens with one attached hydrogen (secondary N) is 2. The number of hydrogen-bond acceptors (Lipinski definition) is 5. The Hall–Kier alpha value is -1.64. The van der Waals surface area contributed by atoms with Gasteiger partial charge in [0.05, 0.1) is 7.11 Å². The number of carbonyl (C=O) groups excluding carboxylic acids is 1. The lowest BCUT2D eigenvalue weighted by molar-refractivity contribution is 0.0910. The summed E-state index contributed by atoms with van der Waals surface area (Å²) in [5.41, 5.74) is -0.332. The van der Waals surface area contributed by atoms with Gasteiger partial charge >= 0.3 is 0 Å². The zero-order valence-corrected chi connectivity index (χ0v) is 19.1. The van der Waals surface area contributed by atoms with Crippen molar-refractivity contribution in [3.63, 3.8) is 0 Å². The van der Waals surface area contributed by atoms with E-state index in [1.165, 1.54) is 32.1 Å². The number of likely N-dealkylation sites (tertiary alicyclic amines) is 1. The van der Waals surface area contributed by atoms with E-state index in [9.17, 15) is 13.2 Å². The van der Waals surface area contributed by atoms with Gasteiger partial charge in [-0.15, -0.1) is 0 Å². The van der Waals surface area contributed by atoms with Gasteiger partial charge < -0.3 is 15.0 Å². The molecule has 1 aliphatic rings. The van der Waals surface area contributed by atoms with Gasteiger partial charge in [-0.1, -0.05) is 13.3 Å². The molecule has 0 atom stereocenters. The number of ether oxygens (including phenoxy) is 1. The third-order valence-electron chi connectivity index (χ3n) is 4.91. The first kappa shape index (κ1) is 23.6. The van der Waals surface area contributed by atoms with Gasteiger partial charge in [0.2, 0.25) is 10.0 Å². The highest BCUT2D eigenvalue weighted by Gasteiger charge is 2.27. The highest BCUT2D eigenvalue weighted by atomic mass is 32.2. The predicted octanol–water partition coefficient (Wildman–Crippen LogP) is 2.77. The van der Waals surface area contributed by atoms with Crippen LogP contribution in [-0.2, 0) is 10.0 Å². The summed E-state index contributed by atoms with van der Waals surface area (Å²) in [4.78, 5) is 15.2. The standard InChI is InChI=1S/C21H35N3O4S/c1-6-7-12-24-13-10-17(11-14-24)22-20(25)16-8-9-18(28-5)19(15-16)29(26,27)23-21(2,3)4/h8-9,15,17,23H,6-7,10-14H2,1-5H3,(H,22,25). The monoisotopic (exact) mass is 425 g/mol. The second-order valence-electron chi connectivity index (χ2n) is 8.66. The first-order valence-electron chi connectivity index (χ1n) is 10.3. The fraction of sp³-hybridized carbons (Fsp3) is 0.667. The van der Waals surface area contributed by atoms with Gasteiger partial charge in [-0.05, 0) is 64.8 Å². The Balaban J connectivity index is 2.10. The molecule has 1 aliphatic heterocycles. The Bertz CT molecular complexity index is 795. The van der Waals surface area contributed by atoms with E-state index in [0.717, 1.165) is 32.5 Å². The van der Waals surface area contributed by atoms with E-state index in [0.29, 0.717) is 5.56 Å². The van der Waals surface area contributed by atoms with Crippen LogP contribution in [0.4, 0.5) is 0 Å². The molecule has 0 bridgehead atoms. The van der Waals surface area contributed by atoms with E-state index in [-0.39, 0.29) is 22.6 Å². The van der Waals surface area contributed by atoms with Gasteiger partial charge in [-0.3, -0.25) is 4.79 Å². The van der Waals surface area contributed by atoms with Crippen LogP contribution in [0.25, 0.3) is 0 Å². The molecule has 0 aliphatic carbocycles. The lowest BCUT2D eigenvalue weighted by atomic mass is 10.0. The van der Waals surface area contributed by atoms with Gasteiger partial charge in [0.25, 0.3) is 5.91 Å². The zero-order valence-electron chi connectivity index (χ0n) is 18.2. The number of sulfonamides is 1. The van der Waals surface area contributed by atoms with Gasteiger partial charge in [0, 0.05) is 30.2 Å². The van der Waals surface area contributed by atoms with Crippen LogP contribution in [0.5, 0.6) is 5.75 Å². The normalized spacial score (nSPS) is 16.6. The maximum atomic E-state index is 12.8. The lowest BCUT2D eigenvalue weighted by Crippen LogP contribution is -2.45. The lowest BCUT2D eigenvalue weighted by Gasteiger charge is -2.32. The van der Waals surface area contributed by atoms with Crippen molar-refractivity contribution in [3.8, 4) is 5.75 Å². The average Bonchev–Trinajstić information content (AvgIpc) is 2.65. The number of benzene rings is 1. The van der Waals surface area contributed by atoms with Crippen LogP contribution < -0.4 is 14.8 Å². The van der Waals surface area contributed by atoms with Crippen LogP contribution >= 0.6 is 0 Å². The molecule has 8 heteroatoms. The molecule has 0 aromatic heterocycles. The Morgan fingerprint density at radius 3 is 2.45 bits per heavy atom.